The number of pyridine rings is 1. The Balaban J connectivity index is 2.74. The third kappa shape index (κ3) is 3.20. The molecule has 0 saturated carbocycles. The SMILES string of the molecule is CON(C)C(=O)c1ccc(OC(C)C)nc1. The Labute approximate surface area is 94.9 Å². The predicted octanol–water partition coefficient (Wildman–Crippen LogP) is 1.50. The number of hydrogen-bond donors (Lipinski definition) is 0. The van der Waals surface area contributed by atoms with Gasteiger partial charge in [0.25, 0.3) is 5.91 Å². The van der Waals surface area contributed by atoms with Crippen LogP contribution in [0.15, 0.2) is 18.3 Å². The number of ether oxygens (including phenoxy) is 1. The molecule has 0 aliphatic carbocycles. The van der Waals surface area contributed by atoms with Crippen molar-refractivity contribution < 1.29 is 14.4 Å². The molecule has 1 aromatic heterocycles. The number of carbonyl (C=O) groups is 1. The number of rotatable bonds is 4. The normalized spacial score (nSPS) is 10.3. The van der Waals surface area contributed by atoms with Gasteiger partial charge in [0, 0.05) is 19.3 Å². The second-order valence-electron chi connectivity index (χ2n) is 3.54. The first-order valence-corrected chi connectivity index (χ1v) is 4.99. The highest BCUT2D eigenvalue weighted by atomic mass is 16.7. The predicted molar refractivity (Wildman–Crippen MR) is 59.1 cm³/mol. The number of aromatic nitrogens is 1. The summed E-state index contributed by atoms with van der Waals surface area (Å²) in [5, 5.41) is 1.14. The minimum atomic E-state index is -0.244. The van der Waals surface area contributed by atoms with Crippen LogP contribution in [0.5, 0.6) is 5.88 Å². The summed E-state index contributed by atoms with van der Waals surface area (Å²) in [7, 11) is 2.97. The molecule has 0 aromatic carbocycles. The Morgan fingerprint density at radius 3 is 2.56 bits per heavy atom. The molecule has 0 N–H and O–H groups in total. The van der Waals surface area contributed by atoms with E-state index in [2.05, 4.69) is 4.98 Å². The molecule has 0 aliphatic heterocycles. The van der Waals surface area contributed by atoms with Crippen molar-refractivity contribution in [3.05, 3.63) is 23.9 Å². The fraction of sp³-hybridized carbons (Fsp3) is 0.455. The molecule has 5 nitrogen and oxygen atoms in total. The number of carbonyl (C=O) groups excluding carboxylic acids is 1. The molecular formula is C11H16N2O3. The Morgan fingerprint density at radius 1 is 1.44 bits per heavy atom. The highest BCUT2D eigenvalue weighted by molar-refractivity contribution is 5.93. The topological polar surface area (TPSA) is 51.7 Å². The highest BCUT2D eigenvalue weighted by Gasteiger charge is 2.11. The van der Waals surface area contributed by atoms with E-state index in [1.807, 2.05) is 13.8 Å². The quantitative estimate of drug-likeness (QED) is 0.727. The second kappa shape index (κ2) is 5.46. The first-order valence-electron chi connectivity index (χ1n) is 4.99. The lowest BCUT2D eigenvalue weighted by atomic mass is 10.2. The van der Waals surface area contributed by atoms with Crippen LogP contribution in [0.3, 0.4) is 0 Å². The lowest BCUT2D eigenvalue weighted by Crippen LogP contribution is -2.25. The number of amides is 1. The van der Waals surface area contributed by atoms with Gasteiger partial charge in [-0.1, -0.05) is 0 Å². The first-order chi connectivity index (χ1) is 7.54. The molecule has 0 aliphatic rings. The largest absolute Gasteiger partial charge is 0.475 e. The fourth-order valence-electron chi connectivity index (χ4n) is 1.08. The third-order valence-corrected chi connectivity index (χ3v) is 1.90. The molecular weight excluding hydrogens is 208 g/mol. The minimum absolute atomic E-state index is 0.0655. The molecule has 5 heteroatoms. The van der Waals surface area contributed by atoms with Gasteiger partial charge in [0.1, 0.15) is 0 Å². The third-order valence-electron chi connectivity index (χ3n) is 1.90. The maximum Gasteiger partial charge on any atom is 0.278 e. The van der Waals surface area contributed by atoms with E-state index in [-0.39, 0.29) is 12.0 Å². The van der Waals surface area contributed by atoms with Gasteiger partial charge in [0.05, 0.1) is 18.8 Å². The Hall–Kier alpha value is -1.62. The van der Waals surface area contributed by atoms with Crippen LogP contribution in [-0.2, 0) is 4.84 Å². The van der Waals surface area contributed by atoms with Crippen molar-refractivity contribution in [3.63, 3.8) is 0 Å². The zero-order chi connectivity index (χ0) is 12.1. The summed E-state index contributed by atoms with van der Waals surface area (Å²) in [6, 6.07) is 3.32. The van der Waals surface area contributed by atoms with Crippen molar-refractivity contribution in [2.45, 2.75) is 20.0 Å². The van der Waals surface area contributed by atoms with Crippen molar-refractivity contribution in [2.24, 2.45) is 0 Å². The molecule has 0 saturated heterocycles. The summed E-state index contributed by atoms with van der Waals surface area (Å²) in [5.41, 5.74) is 0.459. The van der Waals surface area contributed by atoms with E-state index in [0.717, 1.165) is 5.06 Å². The van der Waals surface area contributed by atoms with Crippen molar-refractivity contribution in [1.82, 2.24) is 10.0 Å². The van der Waals surface area contributed by atoms with E-state index >= 15 is 0 Å². The van der Waals surface area contributed by atoms with Gasteiger partial charge in [0.2, 0.25) is 5.88 Å². The van der Waals surface area contributed by atoms with Gasteiger partial charge >= 0.3 is 0 Å². The molecule has 0 unspecified atom stereocenters. The number of hydroxylamine groups is 2. The zero-order valence-corrected chi connectivity index (χ0v) is 9.93. The monoisotopic (exact) mass is 224 g/mol. The molecule has 0 radical (unpaired) electrons. The molecule has 0 atom stereocenters. The van der Waals surface area contributed by atoms with Gasteiger partial charge in [0.15, 0.2) is 0 Å². The van der Waals surface area contributed by atoms with E-state index in [0.29, 0.717) is 11.4 Å². The lowest BCUT2D eigenvalue weighted by Gasteiger charge is -2.13. The standard InChI is InChI=1S/C11H16N2O3/c1-8(2)16-10-6-5-9(7-12-10)11(14)13(3)15-4/h5-8H,1-4H3. The minimum Gasteiger partial charge on any atom is -0.475 e. The van der Waals surface area contributed by atoms with Gasteiger partial charge in [-0.3, -0.25) is 9.63 Å². The van der Waals surface area contributed by atoms with Crippen LogP contribution in [0.1, 0.15) is 24.2 Å². The lowest BCUT2D eigenvalue weighted by molar-refractivity contribution is -0.0757. The van der Waals surface area contributed by atoms with Crippen molar-refractivity contribution >= 4 is 5.91 Å². The van der Waals surface area contributed by atoms with E-state index in [1.54, 1.807) is 19.2 Å². The van der Waals surface area contributed by atoms with Crippen LogP contribution < -0.4 is 4.74 Å². The highest BCUT2D eigenvalue weighted by Crippen LogP contribution is 2.10. The van der Waals surface area contributed by atoms with E-state index in [4.69, 9.17) is 9.57 Å². The molecule has 0 fully saturated rings. The van der Waals surface area contributed by atoms with E-state index in [1.165, 1.54) is 13.3 Å². The molecule has 0 bridgehead atoms. The van der Waals surface area contributed by atoms with Crippen LogP contribution in [0.4, 0.5) is 0 Å². The van der Waals surface area contributed by atoms with Gasteiger partial charge in [-0.2, -0.15) is 0 Å². The Kier molecular flexibility index (Phi) is 4.25. The summed E-state index contributed by atoms with van der Waals surface area (Å²) >= 11 is 0. The van der Waals surface area contributed by atoms with Crippen LogP contribution in [0.2, 0.25) is 0 Å². The fourth-order valence-corrected chi connectivity index (χ4v) is 1.08. The molecule has 1 rings (SSSR count). The molecule has 88 valence electrons. The van der Waals surface area contributed by atoms with Crippen molar-refractivity contribution in [3.8, 4) is 5.88 Å². The molecule has 1 amide bonds. The average molecular weight is 224 g/mol. The zero-order valence-electron chi connectivity index (χ0n) is 9.93. The summed E-state index contributed by atoms with van der Waals surface area (Å²) in [6.45, 7) is 3.83. The number of hydrogen-bond acceptors (Lipinski definition) is 4. The maximum atomic E-state index is 11.6. The summed E-state index contributed by atoms with van der Waals surface area (Å²) in [5.74, 6) is 0.262. The summed E-state index contributed by atoms with van der Waals surface area (Å²) in [4.78, 5) is 20.4. The Morgan fingerprint density at radius 2 is 2.12 bits per heavy atom. The second-order valence-corrected chi connectivity index (χ2v) is 3.54. The van der Waals surface area contributed by atoms with Crippen LogP contribution >= 0.6 is 0 Å². The van der Waals surface area contributed by atoms with Crippen LogP contribution in [0.25, 0.3) is 0 Å². The van der Waals surface area contributed by atoms with Crippen LogP contribution in [-0.4, -0.2) is 36.2 Å². The van der Waals surface area contributed by atoms with Gasteiger partial charge in [-0.25, -0.2) is 10.0 Å². The Bertz CT molecular complexity index is 349. The smallest absolute Gasteiger partial charge is 0.278 e. The van der Waals surface area contributed by atoms with Crippen molar-refractivity contribution in [2.75, 3.05) is 14.2 Å². The van der Waals surface area contributed by atoms with E-state index < -0.39 is 0 Å². The molecule has 1 heterocycles. The van der Waals surface area contributed by atoms with Crippen molar-refractivity contribution in [1.29, 1.82) is 0 Å². The van der Waals surface area contributed by atoms with Gasteiger partial charge in [-0.05, 0) is 19.9 Å². The molecule has 16 heavy (non-hydrogen) atoms. The first kappa shape index (κ1) is 12.4. The summed E-state index contributed by atoms with van der Waals surface area (Å²) < 4.78 is 5.37. The number of nitrogens with zero attached hydrogens (tertiary/aromatic N) is 2. The average Bonchev–Trinajstić information content (AvgIpc) is 2.27. The summed E-state index contributed by atoms with van der Waals surface area (Å²) in [6.07, 6.45) is 1.53. The maximum absolute atomic E-state index is 11.6. The van der Waals surface area contributed by atoms with E-state index in [9.17, 15) is 4.79 Å². The van der Waals surface area contributed by atoms with Crippen LogP contribution in [0, 0.1) is 0 Å². The van der Waals surface area contributed by atoms with Gasteiger partial charge < -0.3 is 4.74 Å². The molecule has 1 aromatic rings. The van der Waals surface area contributed by atoms with Gasteiger partial charge in [-0.15, -0.1) is 0 Å². The molecule has 0 spiro atoms.